The van der Waals surface area contributed by atoms with Crippen molar-refractivity contribution in [2.45, 2.75) is 0 Å². The fraction of sp³-hybridized carbons (Fsp3) is 0.300. The first-order valence-electron chi connectivity index (χ1n) is 8.81. The maximum Gasteiger partial charge on any atom is 0.255 e. The smallest absolute Gasteiger partial charge is 0.255 e. The molecule has 3 rings (SSSR count). The Morgan fingerprint density at radius 2 is 1.75 bits per heavy atom. The highest BCUT2D eigenvalue weighted by Crippen LogP contribution is 2.28. The molecule has 1 N–H and O–H groups in total. The van der Waals surface area contributed by atoms with Gasteiger partial charge < -0.3 is 19.9 Å². The zero-order valence-corrected chi connectivity index (χ0v) is 18.0. The molecule has 1 aliphatic rings. The molecule has 2 aromatic carbocycles. The molecule has 0 spiro atoms. The fourth-order valence-electron chi connectivity index (χ4n) is 2.95. The largest absolute Gasteiger partial charge is 0.496 e. The van der Waals surface area contributed by atoms with Gasteiger partial charge in [-0.3, -0.25) is 9.59 Å². The van der Waals surface area contributed by atoms with Crippen LogP contribution in [-0.2, 0) is 0 Å². The minimum Gasteiger partial charge on any atom is -0.496 e. The Kier molecular flexibility index (Phi) is 6.59. The lowest BCUT2D eigenvalue weighted by Crippen LogP contribution is -2.47. The van der Waals surface area contributed by atoms with Gasteiger partial charge in [-0.05, 0) is 59.4 Å². The van der Waals surface area contributed by atoms with Crippen molar-refractivity contribution in [3.63, 3.8) is 0 Å². The van der Waals surface area contributed by atoms with Gasteiger partial charge in [0.25, 0.3) is 11.8 Å². The Bertz CT molecular complexity index is 898. The van der Waals surface area contributed by atoms with Crippen LogP contribution in [0.25, 0.3) is 0 Å². The molecule has 0 bridgehead atoms. The van der Waals surface area contributed by atoms with E-state index < -0.39 is 0 Å². The third-order valence-corrected chi connectivity index (χ3v) is 5.62. The molecule has 1 saturated heterocycles. The third-order valence-electron chi connectivity index (χ3n) is 4.67. The average molecular weight is 467 g/mol. The predicted molar refractivity (Wildman–Crippen MR) is 113 cm³/mol. The lowest BCUT2D eigenvalue weighted by Gasteiger charge is -2.32. The number of likely N-dealkylation sites (N-methyl/N-ethyl adjacent to an activating group) is 1. The van der Waals surface area contributed by atoms with Crippen LogP contribution in [-0.4, -0.2) is 62.0 Å². The van der Waals surface area contributed by atoms with E-state index >= 15 is 0 Å². The molecule has 2 amide bonds. The van der Waals surface area contributed by atoms with Crippen LogP contribution in [0.1, 0.15) is 20.7 Å². The number of halogens is 2. The van der Waals surface area contributed by atoms with Crippen LogP contribution in [0.15, 0.2) is 40.9 Å². The Balaban J connectivity index is 1.77. The van der Waals surface area contributed by atoms with Gasteiger partial charge in [0.2, 0.25) is 0 Å². The molecule has 2 aromatic rings. The van der Waals surface area contributed by atoms with Crippen LogP contribution < -0.4 is 10.1 Å². The van der Waals surface area contributed by atoms with Gasteiger partial charge in [-0.15, -0.1) is 0 Å². The fourth-order valence-corrected chi connectivity index (χ4v) is 3.65. The molecule has 0 aromatic heterocycles. The van der Waals surface area contributed by atoms with E-state index in [1.165, 1.54) is 0 Å². The maximum atomic E-state index is 12.8. The van der Waals surface area contributed by atoms with Gasteiger partial charge in [-0.1, -0.05) is 11.6 Å². The highest BCUT2D eigenvalue weighted by atomic mass is 79.9. The topological polar surface area (TPSA) is 61.9 Å². The first kappa shape index (κ1) is 20.6. The second-order valence-electron chi connectivity index (χ2n) is 6.59. The average Bonchev–Trinajstić information content (AvgIpc) is 2.69. The zero-order valence-electron chi connectivity index (χ0n) is 15.7. The Hall–Kier alpha value is -2.09. The van der Waals surface area contributed by atoms with Gasteiger partial charge >= 0.3 is 0 Å². The van der Waals surface area contributed by atoms with E-state index in [1.807, 2.05) is 11.9 Å². The summed E-state index contributed by atoms with van der Waals surface area (Å²) in [5.74, 6) is 0.247. The van der Waals surface area contributed by atoms with E-state index in [0.29, 0.717) is 45.1 Å². The SMILES string of the molecule is COc1ccc(C(=O)Nc2cc(C(=O)N3CCN(C)CC3)ccc2Cl)cc1Br. The second-order valence-corrected chi connectivity index (χ2v) is 7.86. The van der Waals surface area contributed by atoms with Gasteiger partial charge in [-0.25, -0.2) is 0 Å². The molecule has 1 heterocycles. The Morgan fingerprint density at radius 3 is 2.39 bits per heavy atom. The Labute approximate surface area is 177 Å². The number of amides is 2. The monoisotopic (exact) mass is 465 g/mol. The van der Waals surface area contributed by atoms with Gasteiger partial charge in [0.05, 0.1) is 22.3 Å². The van der Waals surface area contributed by atoms with Crippen molar-refractivity contribution in [3.05, 3.63) is 57.0 Å². The number of carbonyl (C=O) groups excluding carboxylic acids is 2. The number of hydrogen-bond acceptors (Lipinski definition) is 4. The first-order valence-corrected chi connectivity index (χ1v) is 9.98. The summed E-state index contributed by atoms with van der Waals surface area (Å²) in [6.45, 7) is 3.05. The van der Waals surface area contributed by atoms with Gasteiger partial charge in [0.1, 0.15) is 5.75 Å². The number of piperazine rings is 1. The lowest BCUT2D eigenvalue weighted by molar-refractivity contribution is 0.0664. The molecule has 0 saturated carbocycles. The molecule has 0 radical (unpaired) electrons. The Morgan fingerprint density at radius 1 is 1.07 bits per heavy atom. The van der Waals surface area contributed by atoms with Crippen LogP contribution in [0.3, 0.4) is 0 Å². The number of nitrogens with one attached hydrogen (secondary N) is 1. The summed E-state index contributed by atoms with van der Waals surface area (Å²) >= 11 is 9.61. The summed E-state index contributed by atoms with van der Waals surface area (Å²) < 4.78 is 5.85. The highest BCUT2D eigenvalue weighted by Gasteiger charge is 2.21. The number of methoxy groups -OCH3 is 1. The zero-order chi connectivity index (χ0) is 20.3. The number of carbonyl (C=O) groups is 2. The summed E-state index contributed by atoms with van der Waals surface area (Å²) in [6.07, 6.45) is 0. The van der Waals surface area contributed by atoms with E-state index in [0.717, 1.165) is 13.1 Å². The molecule has 148 valence electrons. The van der Waals surface area contributed by atoms with Crippen LogP contribution in [0, 0.1) is 0 Å². The molecule has 6 nitrogen and oxygen atoms in total. The summed E-state index contributed by atoms with van der Waals surface area (Å²) in [5, 5.41) is 3.16. The number of rotatable bonds is 4. The predicted octanol–water partition coefficient (Wildman–Crippen LogP) is 3.75. The van der Waals surface area contributed by atoms with Crippen molar-refractivity contribution in [1.82, 2.24) is 9.80 Å². The summed E-state index contributed by atoms with van der Waals surface area (Å²) in [4.78, 5) is 29.4. The van der Waals surface area contributed by atoms with Crippen LogP contribution in [0.4, 0.5) is 5.69 Å². The lowest BCUT2D eigenvalue weighted by atomic mass is 10.1. The van der Waals surface area contributed by atoms with Crippen LogP contribution >= 0.6 is 27.5 Å². The molecule has 0 atom stereocenters. The molecule has 1 fully saturated rings. The second kappa shape index (κ2) is 8.94. The van der Waals surface area contributed by atoms with Gasteiger partial charge in [-0.2, -0.15) is 0 Å². The van der Waals surface area contributed by atoms with E-state index in [2.05, 4.69) is 26.1 Å². The molecule has 0 unspecified atom stereocenters. The van der Waals surface area contributed by atoms with Crippen molar-refractivity contribution in [2.24, 2.45) is 0 Å². The standard InChI is InChI=1S/C20H21BrClN3O3/c1-24-7-9-25(10-8-24)20(27)14-3-5-16(22)17(12-14)23-19(26)13-4-6-18(28-2)15(21)11-13/h3-6,11-12H,7-10H2,1-2H3,(H,23,26). The summed E-state index contributed by atoms with van der Waals surface area (Å²) in [6, 6.07) is 9.97. The number of anilines is 1. The molecular weight excluding hydrogens is 446 g/mol. The number of ether oxygens (including phenoxy) is 1. The van der Waals surface area contributed by atoms with Gasteiger partial charge in [0.15, 0.2) is 0 Å². The molecule has 28 heavy (non-hydrogen) atoms. The van der Waals surface area contributed by atoms with E-state index in [4.69, 9.17) is 16.3 Å². The molecular formula is C20H21BrClN3O3. The summed E-state index contributed by atoms with van der Waals surface area (Å²) in [7, 11) is 3.59. The van der Waals surface area contributed by atoms with E-state index in [9.17, 15) is 9.59 Å². The van der Waals surface area contributed by atoms with E-state index in [1.54, 1.807) is 43.5 Å². The molecule has 0 aliphatic carbocycles. The molecule has 1 aliphatic heterocycles. The molecule has 8 heteroatoms. The quantitative estimate of drug-likeness (QED) is 0.745. The van der Waals surface area contributed by atoms with Crippen molar-refractivity contribution in [2.75, 3.05) is 45.7 Å². The first-order chi connectivity index (χ1) is 13.4. The van der Waals surface area contributed by atoms with Crippen molar-refractivity contribution < 1.29 is 14.3 Å². The van der Waals surface area contributed by atoms with Crippen molar-refractivity contribution >= 4 is 45.0 Å². The number of hydrogen-bond donors (Lipinski definition) is 1. The highest BCUT2D eigenvalue weighted by molar-refractivity contribution is 9.10. The van der Waals surface area contributed by atoms with E-state index in [-0.39, 0.29) is 11.8 Å². The van der Waals surface area contributed by atoms with Crippen LogP contribution in [0.2, 0.25) is 5.02 Å². The van der Waals surface area contributed by atoms with Gasteiger partial charge in [0, 0.05) is 37.3 Å². The minimum absolute atomic E-state index is 0.0625. The maximum absolute atomic E-state index is 12.8. The normalized spacial score (nSPS) is 14.6. The van der Waals surface area contributed by atoms with Crippen molar-refractivity contribution in [3.8, 4) is 5.75 Å². The third kappa shape index (κ3) is 4.66. The number of nitrogens with zero attached hydrogens (tertiary/aromatic N) is 2. The van der Waals surface area contributed by atoms with Crippen molar-refractivity contribution in [1.29, 1.82) is 0 Å². The minimum atomic E-state index is -0.325. The summed E-state index contributed by atoms with van der Waals surface area (Å²) in [5.41, 5.74) is 1.35. The van der Waals surface area contributed by atoms with Crippen LogP contribution in [0.5, 0.6) is 5.75 Å². The number of benzene rings is 2.